The molecule has 0 fully saturated rings. The Morgan fingerprint density at radius 3 is 1.25 bits per heavy atom. The van der Waals surface area contributed by atoms with Crippen molar-refractivity contribution in [3.63, 3.8) is 0 Å². The molecule has 1 atom stereocenters. The van der Waals surface area contributed by atoms with E-state index in [4.69, 9.17) is 33.2 Å². The van der Waals surface area contributed by atoms with Crippen LogP contribution in [0.25, 0.3) is 0 Å². The Kier molecular flexibility index (Phi) is 25.9. The summed E-state index contributed by atoms with van der Waals surface area (Å²) in [5.74, 6) is -20.7. The first kappa shape index (κ1) is 55.9. The van der Waals surface area contributed by atoms with Gasteiger partial charge in [0.15, 0.2) is 23.3 Å². The molecule has 3 amide bonds. The number of nitrogens with one attached hydrogen (secondary N) is 3. The predicted molar refractivity (Wildman–Crippen MR) is 206 cm³/mol. The largest absolute Gasteiger partial charge is 0.444 e. The van der Waals surface area contributed by atoms with E-state index in [1.165, 1.54) is 0 Å². The Balaban J connectivity index is 1.53. The molecule has 17 nitrogen and oxygen atoms in total. The van der Waals surface area contributed by atoms with Crippen molar-refractivity contribution >= 4 is 29.8 Å². The average molecular weight is 950 g/mol. The third kappa shape index (κ3) is 23.0. The second kappa shape index (κ2) is 30.1. The van der Waals surface area contributed by atoms with Gasteiger partial charge in [0.05, 0.1) is 92.1 Å². The van der Waals surface area contributed by atoms with Crippen LogP contribution < -0.4 is 25.4 Å². The zero-order chi connectivity index (χ0) is 48.4. The quantitative estimate of drug-likeness (QED) is 0.0321. The molecule has 0 aliphatic rings. The first-order valence-electron chi connectivity index (χ1n) is 19.9. The van der Waals surface area contributed by atoms with Gasteiger partial charge in [-0.1, -0.05) is 0 Å². The molecule has 25 heteroatoms. The molecule has 0 heterocycles. The van der Waals surface area contributed by atoms with E-state index in [1.807, 2.05) is 0 Å². The lowest BCUT2D eigenvalue weighted by Crippen LogP contribution is -2.49. The lowest BCUT2D eigenvalue weighted by Gasteiger charge is -2.23. The van der Waals surface area contributed by atoms with Gasteiger partial charge in [-0.05, 0) is 27.2 Å². The minimum Gasteiger partial charge on any atom is -0.444 e. The fourth-order valence-electron chi connectivity index (χ4n) is 4.72. The maximum absolute atomic E-state index is 13.6. The zero-order valence-corrected chi connectivity index (χ0v) is 35.7. The number of ether oxygens (including phenoxy) is 9. The van der Waals surface area contributed by atoms with Crippen LogP contribution in [0.1, 0.15) is 46.5 Å². The number of carbonyl (C=O) groups is 5. The van der Waals surface area contributed by atoms with Gasteiger partial charge in [-0.25, -0.2) is 22.4 Å². The van der Waals surface area contributed by atoms with Gasteiger partial charge >= 0.3 is 18.0 Å². The van der Waals surface area contributed by atoms with Crippen LogP contribution in [0.4, 0.5) is 39.9 Å². The SMILES string of the molecule is CC(C)(C)OC(=O)N[C@@H](CCC(=O)NCCOCCOCCOCCC(=O)Oc1c(F)c(F)cc(F)c1F)C(=O)NCCOCCOCCOCCC(=O)Oc1c(F)c(F)cc(F)c1F. The monoisotopic (exact) mass is 949 g/mol. The average Bonchev–Trinajstić information content (AvgIpc) is 3.23. The van der Waals surface area contributed by atoms with Crippen molar-refractivity contribution in [3.8, 4) is 11.5 Å². The van der Waals surface area contributed by atoms with Crippen molar-refractivity contribution in [1.29, 1.82) is 0 Å². The normalized spacial score (nSPS) is 11.8. The van der Waals surface area contributed by atoms with Gasteiger partial charge in [0, 0.05) is 31.6 Å². The van der Waals surface area contributed by atoms with E-state index in [1.54, 1.807) is 20.8 Å². The molecule has 2 rings (SSSR count). The van der Waals surface area contributed by atoms with Gasteiger partial charge in [0.25, 0.3) is 0 Å². The highest BCUT2D eigenvalue weighted by atomic mass is 19.2. The molecular formula is C40H51F8N3O14. The summed E-state index contributed by atoms with van der Waals surface area (Å²) < 4.78 is 153. The minimum atomic E-state index is -1.85. The molecule has 65 heavy (non-hydrogen) atoms. The summed E-state index contributed by atoms with van der Waals surface area (Å²) in [4.78, 5) is 61.2. The smallest absolute Gasteiger partial charge is 0.408 e. The second-order valence-electron chi connectivity index (χ2n) is 14.1. The van der Waals surface area contributed by atoms with Crippen molar-refractivity contribution in [1.82, 2.24) is 16.0 Å². The third-order valence-corrected chi connectivity index (χ3v) is 7.75. The summed E-state index contributed by atoms with van der Waals surface area (Å²) in [6.45, 7) is 5.42. The second-order valence-corrected chi connectivity index (χ2v) is 14.1. The van der Waals surface area contributed by atoms with Crippen LogP contribution in [0, 0.1) is 46.5 Å². The molecule has 0 unspecified atom stereocenters. The van der Waals surface area contributed by atoms with Gasteiger partial charge in [-0.2, -0.15) is 17.6 Å². The number of carbonyl (C=O) groups excluding carboxylic acids is 5. The Bertz CT molecular complexity index is 1810. The molecule has 0 aliphatic carbocycles. The van der Waals surface area contributed by atoms with Crippen LogP contribution in [-0.4, -0.2) is 134 Å². The van der Waals surface area contributed by atoms with Crippen molar-refractivity contribution in [2.75, 3.05) is 92.4 Å². The van der Waals surface area contributed by atoms with E-state index in [2.05, 4.69) is 25.4 Å². The standard InChI is InChI=1S/C40H51F8N3O14/c1-40(2,3)65-39(56)51-28(38(55)50-9-13-60-17-21-62-19-15-58-11-7-31(54)64-37-34(47)26(43)23-27(44)35(37)48)4-5-29(52)49-8-12-59-16-20-61-18-14-57-10-6-30(53)63-36-32(45)24(41)22-25(42)33(36)46/h22-23,28H,4-21H2,1-3H3,(H,49,52)(H,50,55)(H,51,56)/t28-/m0/s1. The maximum Gasteiger partial charge on any atom is 0.408 e. The summed E-state index contributed by atoms with van der Waals surface area (Å²) >= 11 is 0. The van der Waals surface area contributed by atoms with Crippen molar-refractivity contribution < 1.29 is 102 Å². The molecule has 0 aliphatic heterocycles. The van der Waals surface area contributed by atoms with E-state index in [0.717, 1.165) is 0 Å². The van der Waals surface area contributed by atoms with E-state index in [0.29, 0.717) is 0 Å². The Labute approximate surface area is 368 Å². The summed E-state index contributed by atoms with van der Waals surface area (Å²) in [7, 11) is 0. The molecule has 0 saturated carbocycles. The van der Waals surface area contributed by atoms with Crippen molar-refractivity contribution in [2.45, 2.75) is 58.1 Å². The fourth-order valence-corrected chi connectivity index (χ4v) is 4.72. The minimum absolute atomic E-state index is 0.00863. The van der Waals surface area contributed by atoms with Crippen molar-refractivity contribution in [2.24, 2.45) is 0 Å². The summed E-state index contributed by atoms with van der Waals surface area (Å²) in [5, 5.41) is 7.67. The van der Waals surface area contributed by atoms with Gasteiger partial charge in [-0.3, -0.25) is 19.2 Å². The number of rotatable bonds is 31. The van der Waals surface area contributed by atoms with Crippen molar-refractivity contribution in [3.05, 3.63) is 58.7 Å². The first-order chi connectivity index (χ1) is 30.8. The molecule has 0 saturated heterocycles. The topological polar surface area (TPSA) is 205 Å². The van der Waals surface area contributed by atoms with E-state index in [9.17, 15) is 59.1 Å². The summed E-state index contributed by atoms with van der Waals surface area (Å²) in [6, 6.07) is -1.18. The fraction of sp³-hybridized carbons (Fsp3) is 0.575. The highest BCUT2D eigenvalue weighted by Crippen LogP contribution is 2.28. The van der Waals surface area contributed by atoms with Crippen LogP contribution in [0.5, 0.6) is 11.5 Å². The Hall–Kier alpha value is -5.21. The number of amides is 3. The molecule has 2 aromatic rings. The lowest BCUT2D eigenvalue weighted by atomic mass is 10.1. The predicted octanol–water partition coefficient (Wildman–Crippen LogP) is 4.10. The maximum atomic E-state index is 13.6. The molecule has 0 bridgehead atoms. The molecule has 0 aromatic heterocycles. The highest BCUT2D eigenvalue weighted by Gasteiger charge is 2.26. The Morgan fingerprint density at radius 2 is 0.862 bits per heavy atom. The van der Waals surface area contributed by atoms with E-state index < -0.39 is 112 Å². The molecule has 366 valence electrons. The molecule has 0 radical (unpaired) electrons. The zero-order valence-electron chi connectivity index (χ0n) is 35.7. The number of benzene rings is 2. The van der Waals surface area contributed by atoms with Crippen LogP contribution in [0.2, 0.25) is 0 Å². The molecular weight excluding hydrogens is 898 g/mol. The summed E-state index contributed by atoms with van der Waals surface area (Å²) in [5.41, 5.74) is -0.863. The number of hydrogen-bond acceptors (Lipinski definition) is 14. The lowest BCUT2D eigenvalue weighted by molar-refractivity contribution is -0.137. The van der Waals surface area contributed by atoms with Crippen LogP contribution in [-0.2, 0) is 52.3 Å². The highest BCUT2D eigenvalue weighted by molar-refractivity contribution is 5.86. The molecule has 3 N–H and O–H groups in total. The third-order valence-electron chi connectivity index (χ3n) is 7.75. The van der Waals surface area contributed by atoms with Crippen LogP contribution >= 0.6 is 0 Å². The van der Waals surface area contributed by atoms with Crippen LogP contribution in [0.15, 0.2) is 12.1 Å². The van der Waals surface area contributed by atoms with Gasteiger partial charge in [0.1, 0.15) is 11.6 Å². The van der Waals surface area contributed by atoms with E-state index in [-0.39, 0.29) is 117 Å². The summed E-state index contributed by atoms with van der Waals surface area (Å²) in [6.07, 6.45) is -2.06. The van der Waals surface area contributed by atoms with Crippen LogP contribution in [0.3, 0.4) is 0 Å². The van der Waals surface area contributed by atoms with Gasteiger partial charge in [-0.15, -0.1) is 0 Å². The number of halogens is 8. The number of hydrogen-bond donors (Lipinski definition) is 3. The first-order valence-corrected chi connectivity index (χ1v) is 19.9. The molecule has 2 aromatic carbocycles. The Morgan fingerprint density at radius 1 is 0.508 bits per heavy atom. The number of alkyl carbamates (subject to hydrolysis) is 1. The van der Waals surface area contributed by atoms with Gasteiger partial charge < -0.3 is 58.6 Å². The number of esters is 2. The molecule has 0 spiro atoms. The van der Waals surface area contributed by atoms with Gasteiger partial charge in [0.2, 0.25) is 46.6 Å². The van der Waals surface area contributed by atoms with E-state index >= 15 is 0 Å².